The maximum Gasteiger partial charge on any atom is 0.166 e. The van der Waals surface area contributed by atoms with Crippen LogP contribution in [0.5, 0.6) is 11.5 Å². The third kappa shape index (κ3) is 2.93. The molecule has 2 aromatic carbocycles. The van der Waals surface area contributed by atoms with Crippen LogP contribution in [0.4, 0.5) is 4.39 Å². The van der Waals surface area contributed by atoms with Gasteiger partial charge in [-0.05, 0) is 43.7 Å². The van der Waals surface area contributed by atoms with E-state index in [1.807, 2.05) is 13.0 Å². The lowest BCUT2D eigenvalue weighted by Crippen LogP contribution is -2.01. The Morgan fingerprint density at radius 1 is 1.21 bits per heavy atom. The highest BCUT2D eigenvalue weighted by atomic mass is 35.5. The van der Waals surface area contributed by atoms with Crippen LogP contribution in [-0.4, -0.2) is 5.78 Å². The number of aryl methyl sites for hydroxylation is 1. The maximum absolute atomic E-state index is 13.6. The van der Waals surface area contributed by atoms with Crippen molar-refractivity contribution in [3.63, 3.8) is 0 Å². The average molecular weight is 279 g/mol. The third-order valence-electron chi connectivity index (χ3n) is 2.63. The number of carbonyl (C=O) groups excluding carboxylic acids is 1. The first-order valence-corrected chi connectivity index (χ1v) is 6.10. The van der Waals surface area contributed by atoms with Crippen molar-refractivity contribution < 1.29 is 13.9 Å². The number of hydrogen-bond acceptors (Lipinski definition) is 2. The molecule has 0 atom stereocenters. The lowest BCUT2D eigenvalue weighted by Gasteiger charge is -2.11. The second kappa shape index (κ2) is 5.41. The van der Waals surface area contributed by atoms with Crippen LogP contribution in [0.3, 0.4) is 0 Å². The number of halogens is 2. The normalized spacial score (nSPS) is 10.3. The molecule has 2 rings (SSSR count). The Bertz CT molecular complexity index is 638. The fraction of sp³-hybridized carbons (Fsp3) is 0.133. The highest BCUT2D eigenvalue weighted by molar-refractivity contribution is 6.32. The molecule has 0 aliphatic carbocycles. The van der Waals surface area contributed by atoms with Gasteiger partial charge in [0, 0.05) is 0 Å². The van der Waals surface area contributed by atoms with E-state index in [0.29, 0.717) is 10.8 Å². The Morgan fingerprint density at radius 3 is 2.63 bits per heavy atom. The molecular formula is C15H12ClFO2. The van der Waals surface area contributed by atoms with Gasteiger partial charge in [-0.3, -0.25) is 4.79 Å². The summed E-state index contributed by atoms with van der Waals surface area (Å²) in [6.07, 6.45) is 0. The number of benzene rings is 2. The van der Waals surface area contributed by atoms with Crippen LogP contribution >= 0.6 is 11.6 Å². The molecule has 2 aromatic rings. The number of Topliss-reactive ketones (excluding diaryl/α,β-unsaturated/α-hetero) is 1. The van der Waals surface area contributed by atoms with Gasteiger partial charge in [0.2, 0.25) is 0 Å². The minimum atomic E-state index is -0.603. The van der Waals surface area contributed by atoms with Crippen LogP contribution in [0.15, 0.2) is 36.4 Å². The Balaban J connectivity index is 2.46. The molecule has 98 valence electrons. The smallest absolute Gasteiger partial charge is 0.166 e. The number of hydrogen-bond donors (Lipinski definition) is 0. The summed E-state index contributed by atoms with van der Waals surface area (Å²) in [6, 6.07) is 9.52. The second-order valence-corrected chi connectivity index (χ2v) is 4.61. The summed E-state index contributed by atoms with van der Waals surface area (Å²) >= 11 is 6.01. The molecule has 0 aliphatic rings. The van der Waals surface area contributed by atoms with E-state index >= 15 is 0 Å². The SMILES string of the molecule is CC(=O)c1c(F)cccc1Oc1cc(C)ccc1Cl. The van der Waals surface area contributed by atoms with Crippen molar-refractivity contribution in [1.29, 1.82) is 0 Å². The van der Waals surface area contributed by atoms with Gasteiger partial charge in [0.25, 0.3) is 0 Å². The molecule has 0 amide bonds. The molecule has 0 bridgehead atoms. The second-order valence-electron chi connectivity index (χ2n) is 4.21. The first kappa shape index (κ1) is 13.6. The third-order valence-corrected chi connectivity index (χ3v) is 2.95. The predicted octanol–water partition coefficient (Wildman–Crippen LogP) is 4.78. The first-order valence-electron chi connectivity index (χ1n) is 5.72. The standard InChI is InChI=1S/C15H12ClFO2/c1-9-6-7-11(16)14(8-9)19-13-5-3-4-12(17)15(13)10(2)18/h3-8H,1-2H3. The molecule has 0 aromatic heterocycles. The zero-order valence-corrected chi connectivity index (χ0v) is 11.3. The van der Waals surface area contributed by atoms with Gasteiger partial charge in [0.15, 0.2) is 5.78 Å². The van der Waals surface area contributed by atoms with E-state index in [2.05, 4.69) is 0 Å². The monoisotopic (exact) mass is 278 g/mol. The van der Waals surface area contributed by atoms with E-state index in [1.165, 1.54) is 19.1 Å². The van der Waals surface area contributed by atoms with Crippen LogP contribution in [0.1, 0.15) is 22.8 Å². The van der Waals surface area contributed by atoms with Crippen molar-refractivity contribution in [2.75, 3.05) is 0 Å². The van der Waals surface area contributed by atoms with Crippen LogP contribution < -0.4 is 4.74 Å². The van der Waals surface area contributed by atoms with Crippen LogP contribution in [0.2, 0.25) is 5.02 Å². The molecule has 0 radical (unpaired) electrons. The van der Waals surface area contributed by atoms with Gasteiger partial charge in [0.05, 0.1) is 10.6 Å². The fourth-order valence-corrected chi connectivity index (χ4v) is 1.89. The molecule has 0 heterocycles. The lowest BCUT2D eigenvalue weighted by atomic mass is 10.1. The molecule has 19 heavy (non-hydrogen) atoms. The fourth-order valence-electron chi connectivity index (χ4n) is 1.74. The number of carbonyl (C=O) groups is 1. The van der Waals surface area contributed by atoms with Gasteiger partial charge in [-0.15, -0.1) is 0 Å². The van der Waals surface area contributed by atoms with Gasteiger partial charge in [-0.2, -0.15) is 0 Å². The highest BCUT2D eigenvalue weighted by Gasteiger charge is 2.15. The zero-order chi connectivity index (χ0) is 14.0. The van der Waals surface area contributed by atoms with Crippen LogP contribution in [-0.2, 0) is 0 Å². The molecule has 4 heteroatoms. The maximum atomic E-state index is 13.6. The van der Waals surface area contributed by atoms with Gasteiger partial charge in [0.1, 0.15) is 17.3 Å². The molecule has 0 fully saturated rings. The number of ether oxygens (including phenoxy) is 1. The van der Waals surface area contributed by atoms with Crippen LogP contribution in [0, 0.1) is 12.7 Å². The summed E-state index contributed by atoms with van der Waals surface area (Å²) in [5.74, 6) is -0.430. The Hall–Kier alpha value is -1.87. The Morgan fingerprint density at radius 2 is 1.95 bits per heavy atom. The zero-order valence-electron chi connectivity index (χ0n) is 10.5. The van der Waals surface area contributed by atoms with Crippen molar-refractivity contribution in [1.82, 2.24) is 0 Å². The van der Waals surface area contributed by atoms with Crippen molar-refractivity contribution in [2.45, 2.75) is 13.8 Å². The first-order chi connectivity index (χ1) is 8.99. The minimum Gasteiger partial charge on any atom is -0.455 e. The molecule has 0 unspecified atom stereocenters. The van der Waals surface area contributed by atoms with Gasteiger partial charge >= 0.3 is 0 Å². The van der Waals surface area contributed by atoms with Crippen molar-refractivity contribution in [3.05, 3.63) is 58.4 Å². The van der Waals surface area contributed by atoms with Crippen molar-refractivity contribution in [3.8, 4) is 11.5 Å². The Kier molecular flexibility index (Phi) is 3.86. The van der Waals surface area contributed by atoms with E-state index in [1.54, 1.807) is 18.2 Å². The average Bonchev–Trinajstić information content (AvgIpc) is 2.33. The summed E-state index contributed by atoms with van der Waals surface area (Å²) in [7, 11) is 0. The molecular weight excluding hydrogens is 267 g/mol. The molecule has 0 saturated carbocycles. The topological polar surface area (TPSA) is 26.3 Å². The lowest BCUT2D eigenvalue weighted by molar-refractivity contribution is 0.101. The Labute approximate surface area is 115 Å². The predicted molar refractivity (Wildman–Crippen MR) is 72.7 cm³/mol. The summed E-state index contributed by atoms with van der Waals surface area (Å²) in [5.41, 5.74) is 0.889. The summed E-state index contributed by atoms with van der Waals surface area (Å²) in [5, 5.41) is 0.407. The van der Waals surface area contributed by atoms with Gasteiger partial charge < -0.3 is 4.74 Å². The number of ketones is 1. The van der Waals surface area contributed by atoms with Gasteiger partial charge in [-0.1, -0.05) is 23.7 Å². The van der Waals surface area contributed by atoms with E-state index in [0.717, 1.165) is 5.56 Å². The van der Waals surface area contributed by atoms with Crippen molar-refractivity contribution >= 4 is 17.4 Å². The molecule has 0 N–H and O–H groups in total. The van der Waals surface area contributed by atoms with Gasteiger partial charge in [-0.25, -0.2) is 4.39 Å². The van der Waals surface area contributed by atoms with E-state index < -0.39 is 11.6 Å². The highest BCUT2D eigenvalue weighted by Crippen LogP contribution is 2.33. The number of rotatable bonds is 3. The van der Waals surface area contributed by atoms with E-state index in [4.69, 9.17) is 16.3 Å². The quantitative estimate of drug-likeness (QED) is 0.755. The summed E-state index contributed by atoms with van der Waals surface area (Å²) < 4.78 is 19.2. The molecule has 0 saturated heterocycles. The summed E-state index contributed by atoms with van der Waals surface area (Å²) in [6.45, 7) is 3.18. The molecule has 0 aliphatic heterocycles. The minimum absolute atomic E-state index is 0.0694. The van der Waals surface area contributed by atoms with E-state index in [9.17, 15) is 9.18 Å². The van der Waals surface area contributed by atoms with E-state index in [-0.39, 0.29) is 11.3 Å². The summed E-state index contributed by atoms with van der Waals surface area (Å²) in [4.78, 5) is 11.5. The molecule has 0 spiro atoms. The largest absolute Gasteiger partial charge is 0.455 e. The van der Waals surface area contributed by atoms with Crippen LogP contribution in [0.25, 0.3) is 0 Å². The van der Waals surface area contributed by atoms with Crippen molar-refractivity contribution in [2.24, 2.45) is 0 Å². The molecule has 2 nitrogen and oxygen atoms in total.